The monoisotopic (exact) mass is 316 g/mol. The lowest BCUT2D eigenvalue weighted by atomic mass is 10.9. The van der Waals surface area contributed by atoms with Crippen LogP contribution in [0.2, 0.25) is 6.55 Å². The van der Waals surface area contributed by atoms with E-state index in [0.29, 0.717) is 6.61 Å². The molecule has 0 spiro atoms. The van der Waals surface area contributed by atoms with Crippen molar-refractivity contribution in [2.45, 2.75) is 27.3 Å². The predicted molar refractivity (Wildman–Crippen MR) is 84.1 cm³/mol. The van der Waals surface area contributed by atoms with Gasteiger partial charge < -0.3 is 30.2 Å². The van der Waals surface area contributed by atoms with Gasteiger partial charge >= 0.3 is 9.28 Å². The second-order valence-electron chi connectivity index (χ2n) is 2.57. The van der Waals surface area contributed by atoms with E-state index in [9.17, 15) is 0 Å². The van der Waals surface area contributed by atoms with E-state index < -0.39 is 14.5 Å². The minimum atomic E-state index is -1.20. The van der Waals surface area contributed by atoms with Gasteiger partial charge in [0.05, 0.1) is 6.61 Å². The molecule has 0 atom stereocenters. The lowest BCUT2D eigenvalue weighted by Gasteiger charge is -2.07. The summed E-state index contributed by atoms with van der Waals surface area (Å²) in [4.78, 5) is 0. The third-order valence-corrected chi connectivity index (χ3v) is 2.81. The molecular weight excluding hydrogens is 292 g/mol. The van der Waals surface area contributed by atoms with Crippen LogP contribution in [0.3, 0.4) is 0 Å². The highest BCUT2D eigenvalue weighted by Crippen LogP contribution is 1.85. The number of aliphatic hydroxyl groups excluding tert-OH is 1. The van der Waals surface area contributed by atoms with Gasteiger partial charge in [-0.2, -0.15) is 0 Å². The topological polar surface area (TPSA) is 100.0 Å². The Morgan fingerprint density at radius 1 is 1.06 bits per heavy atom. The van der Waals surface area contributed by atoms with Crippen LogP contribution in [0.1, 0.15) is 20.8 Å². The van der Waals surface area contributed by atoms with Crippen LogP contribution in [0.5, 0.6) is 0 Å². The fraction of sp³-hybridized carbons (Fsp3) is 0.778. The Balaban J connectivity index is -0.000000200. The zero-order chi connectivity index (χ0) is 15.0. The highest BCUT2D eigenvalue weighted by molar-refractivity contribution is 7.80. The molecule has 0 saturated heterocycles. The highest BCUT2D eigenvalue weighted by atomic mass is 32.1. The molecule has 9 heteroatoms. The SMILES string of the molecule is CCOC(N)=S.CCO[SiH](C)OCC.NC(O)=S. The Hall–Kier alpha value is -0.483. The van der Waals surface area contributed by atoms with E-state index in [0.717, 1.165) is 13.2 Å². The summed E-state index contributed by atoms with van der Waals surface area (Å²) in [6.45, 7) is 9.98. The Labute approximate surface area is 121 Å². The maximum atomic E-state index is 7.56. The smallest absolute Gasteiger partial charge is 0.318 e. The van der Waals surface area contributed by atoms with Crippen LogP contribution in [0.4, 0.5) is 0 Å². The molecule has 0 amide bonds. The van der Waals surface area contributed by atoms with Crippen molar-refractivity contribution in [3.8, 4) is 0 Å². The molecule has 0 rings (SSSR count). The maximum Gasteiger partial charge on any atom is 0.318 e. The molecular formula is C9H24N2O4S2Si. The number of ether oxygens (including phenoxy) is 1. The van der Waals surface area contributed by atoms with Crippen molar-refractivity contribution in [1.82, 2.24) is 0 Å². The van der Waals surface area contributed by atoms with Gasteiger partial charge in [-0.3, -0.25) is 0 Å². The van der Waals surface area contributed by atoms with Crippen LogP contribution < -0.4 is 11.5 Å². The standard InChI is InChI=1S/C5H14O2Si.C3H7NOS.CH3NOS/c1-4-6-8(3)7-5-2;1-2-5-3(4)6;2-1(3)4/h8H,4-5H2,1-3H3;2H2,1H3,(H2,4,6);(H3,2,3,4). The van der Waals surface area contributed by atoms with Crippen molar-refractivity contribution in [2.75, 3.05) is 19.8 Å². The molecule has 0 aliphatic carbocycles. The molecule has 6 nitrogen and oxygen atoms in total. The van der Waals surface area contributed by atoms with E-state index in [1.807, 2.05) is 27.3 Å². The average molecular weight is 317 g/mol. The van der Waals surface area contributed by atoms with Crippen molar-refractivity contribution in [1.29, 1.82) is 0 Å². The van der Waals surface area contributed by atoms with E-state index in [1.165, 1.54) is 0 Å². The van der Waals surface area contributed by atoms with Crippen LogP contribution >= 0.6 is 24.4 Å². The fourth-order valence-electron chi connectivity index (χ4n) is 0.660. The third kappa shape index (κ3) is 45.1. The number of rotatable bonds is 5. The zero-order valence-corrected chi connectivity index (χ0v) is 14.1. The molecule has 0 heterocycles. The Morgan fingerprint density at radius 3 is 1.50 bits per heavy atom. The first kappa shape index (κ1) is 22.7. The molecule has 0 bridgehead atoms. The minimum Gasteiger partial charge on any atom is -0.487 e. The first-order valence-electron chi connectivity index (χ1n) is 5.45. The summed E-state index contributed by atoms with van der Waals surface area (Å²) < 4.78 is 14.9. The molecule has 0 fully saturated rings. The molecule has 0 aromatic heterocycles. The van der Waals surface area contributed by atoms with E-state index in [2.05, 4.69) is 34.9 Å². The van der Waals surface area contributed by atoms with E-state index >= 15 is 0 Å². The first-order valence-corrected chi connectivity index (χ1v) is 8.36. The maximum absolute atomic E-state index is 7.56. The molecule has 0 radical (unpaired) electrons. The first-order chi connectivity index (χ1) is 8.31. The van der Waals surface area contributed by atoms with Gasteiger partial charge in [-0.25, -0.2) is 0 Å². The van der Waals surface area contributed by atoms with Crippen molar-refractivity contribution >= 4 is 44.1 Å². The van der Waals surface area contributed by atoms with Crippen LogP contribution in [0.25, 0.3) is 0 Å². The van der Waals surface area contributed by atoms with Crippen molar-refractivity contribution in [3.05, 3.63) is 0 Å². The van der Waals surface area contributed by atoms with Gasteiger partial charge in [0.2, 0.25) is 0 Å². The minimum absolute atomic E-state index is 0.123. The third-order valence-electron chi connectivity index (χ3n) is 1.09. The average Bonchev–Trinajstić information content (AvgIpc) is 2.17. The summed E-state index contributed by atoms with van der Waals surface area (Å²) in [5.41, 5.74) is 9.31. The molecule has 18 heavy (non-hydrogen) atoms. The fourth-order valence-corrected chi connectivity index (χ4v) is 1.81. The van der Waals surface area contributed by atoms with Crippen LogP contribution in [0.15, 0.2) is 0 Å². The quantitative estimate of drug-likeness (QED) is 0.509. The van der Waals surface area contributed by atoms with Crippen molar-refractivity contribution in [3.63, 3.8) is 0 Å². The number of thiocarbonyl (C=S) groups is 2. The molecule has 0 aromatic rings. The second kappa shape index (κ2) is 18.9. The lowest BCUT2D eigenvalue weighted by Crippen LogP contribution is -2.17. The lowest BCUT2D eigenvalue weighted by molar-refractivity contribution is 0.219. The summed E-state index contributed by atoms with van der Waals surface area (Å²) in [6.07, 6.45) is 0. The van der Waals surface area contributed by atoms with Gasteiger partial charge in [0, 0.05) is 13.2 Å². The molecule has 0 aliphatic heterocycles. The predicted octanol–water partition coefficient (Wildman–Crippen LogP) is 0.964. The zero-order valence-electron chi connectivity index (χ0n) is 11.3. The van der Waals surface area contributed by atoms with Gasteiger partial charge in [0.1, 0.15) is 0 Å². The van der Waals surface area contributed by atoms with Gasteiger partial charge in [-0.05, 0) is 51.8 Å². The van der Waals surface area contributed by atoms with Crippen LogP contribution in [0, 0.1) is 0 Å². The van der Waals surface area contributed by atoms with E-state index in [-0.39, 0.29) is 5.17 Å². The summed E-state index contributed by atoms with van der Waals surface area (Å²) in [5.74, 6) is 0. The van der Waals surface area contributed by atoms with Gasteiger partial charge in [-0.1, -0.05) is 0 Å². The van der Waals surface area contributed by atoms with Gasteiger partial charge in [0.15, 0.2) is 0 Å². The largest absolute Gasteiger partial charge is 0.487 e. The molecule has 0 unspecified atom stereocenters. The van der Waals surface area contributed by atoms with Gasteiger partial charge in [-0.15, -0.1) is 0 Å². The Kier molecular flexibility index (Phi) is 23.8. The van der Waals surface area contributed by atoms with Crippen molar-refractivity contribution < 1.29 is 18.7 Å². The summed E-state index contributed by atoms with van der Waals surface area (Å²) in [6, 6.07) is 0. The number of hydrogen-bond acceptors (Lipinski definition) is 5. The summed E-state index contributed by atoms with van der Waals surface area (Å²) in [7, 11) is -1.20. The normalized spacial score (nSPS) is 8.50. The van der Waals surface area contributed by atoms with Gasteiger partial charge in [0.25, 0.3) is 10.3 Å². The molecule has 0 aromatic carbocycles. The summed E-state index contributed by atoms with van der Waals surface area (Å²) >= 11 is 8.22. The van der Waals surface area contributed by atoms with Crippen LogP contribution in [-0.4, -0.2) is 44.6 Å². The second-order valence-corrected chi connectivity index (χ2v) is 5.19. The Bertz CT molecular complexity index is 201. The van der Waals surface area contributed by atoms with Crippen molar-refractivity contribution in [2.24, 2.45) is 11.5 Å². The van der Waals surface area contributed by atoms with Crippen LogP contribution in [-0.2, 0) is 13.6 Å². The van der Waals surface area contributed by atoms with E-state index in [4.69, 9.17) is 19.7 Å². The molecule has 0 aliphatic rings. The molecule has 0 saturated carbocycles. The summed E-state index contributed by atoms with van der Waals surface area (Å²) in [5, 5.41) is 7.19. The number of hydrogen-bond donors (Lipinski definition) is 3. The molecule has 5 N–H and O–H groups in total. The highest BCUT2D eigenvalue weighted by Gasteiger charge is 1.99. The van der Waals surface area contributed by atoms with E-state index in [1.54, 1.807) is 0 Å². The number of nitrogens with two attached hydrogens (primary N) is 2. The molecule has 110 valence electrons. The number of aliphatic hydroxyl groups is 1. The Morgan fingerprint density at radius 2 is 1.39 bits per heavy atom.